The van der Waals surface area contributed by atoms with Gasteiger partial charge < -0.3 is 0 Å². The van der Waals surface area contributed by atoms with Crippen molar-refractivity contribution in [3.05, 3.63) is 23.8 Å². The van der Waals surface area contributed by atoms with Gasteiger partial charge in [0.1, 0.15) is 5.78 Å². The zero-order valence-corrected chi connectivity index (χ0v) is 19.8. The molecule has 162 valence electrons. The van der Waals surface area contributed by atoms with Gasteiger partial charge in [-0.1, -0.05) is 65.3 Å². The molecule has 1 nitrogen and oxygen atoms in total. The summed E-state index contributed by atoms with van der Waals surface area (Å²) >= 11 is 0. The van der Waals surface area contributed by atoms with Gasteiger partial charge in [-0.3, -0.25) is 4.79 Å². The van der Waals surface area contributed by atoms with E-state index in [9.17, 15) is 4.79 Å². The van der Waals surface area contributed by atoms with Gasteiger partial charge in [0.25, 0.3) is 0 Å². The van der Waals surface area contributed by atoms with Crippen molar-refractivity contribution in [2.24, 2.45) is 52.3 Å². The van der Waals surface area contributed by atoms with E-state index in [-0.39, 0.29) is 0 Å². The second-order valence-electron chi connectivity index (χ2n) is 12.1. The van der Waals surface area contributed by atoms with Gasteiger partial charge in [0, 0.05) is 12.8 Å². The van der Waals surface area contributed by atoms with E-state index < -0.39 is 0 Å². The summed E-state index contributed by atoms with van der Waals surface area (Å²) in [5.41, 5.74) is 2.68. The van der Waals surface area contributed by atoms with Crippen molar-refractivity contribution in [3.8, 4) is 0 Å². The molecule has 0 bridgehead atoms. The van der Waals surface area contributed by atoms with E-state index in [1.54, 1.807) is 0 Å². The van der Waals surface area contributed by atoms with Crippen LogP contribution in [0, 0.1) is 52.3 Å². The number of Topliss-reactive ketones (excluding diaryl/α,β-unsaturated/α-hetero) is 1. The lowest BCUT2D eigenvalue weighted by Crippen LogP contribution is -2.49. The van der Waals surface area contributed by atoms with Crippen molar-refractivity contribution in [3.63, 3.8) is 0 Å². The average molecular weight is 397 g/mol. The molecule has 5 unspecified atom stereocenters. The summed E-state index contributed by atoms with van der Waals surface area (Å²) in [6, 6.07) is 0. The van der Waals surface area contributed by atoms with Crippen LogP contribution in [0.2, 0.25) is 0 Å². The molecule has 0 aromatic carbocycles. The highest BCUT2D eigenvalue weighted by atomic mass is 16.1. The predicted molar refractivity (Wildman–Crippen MR) is 123 cm³/mol. The van der Waals surface area contributed by atoms with Crippen molar-refractivity contribution in [1.82, 2.24) is 0 Å². The van der Waals surface area contributed by atoms with Gasteiger partial charge in [0.15, 0.2) is 0 Å². The third-order valence-corrected chi connectivity index (χ3v) is 10.4. The van der Waals surface area contributed by atoms with Gasteiger partial charge in [-0.2, -0.15) is 0 Å². The first kappa shape index (κ1) is 21.4. The monoisotopic (exact) mass is 396 g/mol. The van der Waals surface area contributed by atoms with Crippen LogP contribution in [-0.2, 0) is 4.79 Å². The van der Waals surface area contributed by atoms with Crippen LogP contribution in [0.15, 0.2) is 23.8 Å². The maximum Gasteiger partial charge on any atom is 0.133 e. The Morgan fingerprint density at radius 1 is 0.966 bits per heavy atom. The number of allylic oxidation sites excluding steroid dienone is 4. The van der Waals surface area contributed by atoms with E-state index in [0.717, 1.165) is 49.4 Å². The number of carbonyl (C=O) groups is 1. The van der Waals surface area contributed by atoms with Crippen molar-refractivity contribution in [2.45, 2.75) is 92.9 Å². The smallest absolute Gasteiger partial charge is 0.133 e. The molecule has 1 heteroatoms. The zero-order chi connectivity index (χ0) is 21.0. The van der Waals surface area contributed by atoms with Crippen LogP contribution in [0.3, 0.4) is 0 Å². The van der Waals surface area contributed by atoms with Crippen molar-refractivity contribution in [2.75, 3.05) is 0 Å². The summed E-state index contributed by atoms with van der Waals surface area (Å²) in [6.07, 6.45) is 17.2. The van der Waals surface area contributed by atoms with Gasteiger partial charge in [0.2, 0.25) is 0 Å². The van der Waals surface area contributed by atoms with Crippen LogP contribution >= 0.6 is 0 Å². The van der Waals surface area contributed by atoms with E-state index in [1.807, 2.05) is 5.57 Å². The number of carbonyl (C=O) groups excluding carboxylic acids is 1. The number of fused-ring (bicyclic) bond motifs is 5. The average Bonchev–Trinajstić information content (AvgIpc) is 3.03. The van der Waals surface area contributed by atoms with Gasteiger partial charge in [-0.25, -0.2) is 0 Å². The highest BCUT2D eigenvalue weighted by Crippen LogP contribution is 2.66. The molecule has 3 fully saturated rings. The third kappa shape index (κ3) is 3.49. The standard InChI is InChI=1S/C28H44O/c1-18(2)19(3)7-8-20(4)24-11-12-25-23-10-9-21-17-22(29)13-15-27(21,5)26(23)14-16-28(24,25)6/h7-8,10,18-21,24-26H,9,11-17H2,1-6H3/b8-7+/t19-,20+,21-,24?,25?,26?,27?,28?/m0/s1. The Morgan fingerprint density at radius 3 is 2.41 bits per heavy atom. The molecule has 4 rings (SSSR count). The van der Waals surface area contributed by atoms with E-state index in [0.29, 0.717) is 34.4 Å². The molecule has 4 aliphatic carbocycles. The third-order valence-electron chi connectivity index (χ3n) is 10.4. The number of ketones is 1. The lowest BCUT2D eigenvalue weighted by Gasteiger charge is -2.57. The molecule has 0 aliphatic heterocycles. The number of hydrogen-bond acceptors (Lipinski definition) is 1. The fourth-order valence-corrected chi connectivity index (χ4v) is 7.91. The number of hydrogen-bond donors (Lipinski definition) is 0. The quantitative estimate of drug-likeness (QED) is 0.447. The maximum atomic E-state index is 12.1. The molecular formula is C28H44O. The molecule has 0 radical (unpaired) electrons. The van der Waals surface area contributed by atoms with Gasteiger partial charge >= 0.3 is 0 Å². The van der Waals surface area contributed by atoms with Crippen LogP contribution in [0.4, 0.5) is 0 Å². The SMILES string of the molecule is CC(C)[C@@H](C)/C=C/[C@@H](C)C1CCC2C3=CC[C@H]4CC(=O)CCC4(C)C3CCC21C. The molecule has 0 aromatic heterocycles. The second-order valence-corrected chi connectivity index (χ2v) is 12.1. The van der Waals surface area contributed by atoms with Gasteiger partial charge in [-0.15, -0.1) is 0 Å². The molecule has 4 aliphatic rings. The van der Waals surface area contributed by atoms with Crippen LogP contribution in [0.5, 0.6) is 0 Å². The molecule has 0 N–H and O–H groups in total. The molecule has 3 saturated carbocycles. The Morgan fingerprint density at radius 2 is 1.69 bits per heavy atom. The molecule has 0 spiro atoms. The van der Waals surface area contributed by atoms with Crippen molar-refractivity contribution in [1.29, 1.82) is 0 Å². The van der Waals surface area contributed by atoms with Crippen LogP contribution in [0.1, 0.15) is 92.9 Å². The van der Waals surface area contributed by atoms with E-state index in [4.69, 9.17) is 0 Å². The topological polar surface area (TPSA) is 17.1 Å². The van der Waals surface area contributed by atoms with Crippen LogP contribution < -0.4 is 0 Å². The summed E-state index contributed by atoms with van der Waals surface area (Å²) in [7, 11) is 0. The van der Waals surface area contributed by atoms with Crippen molar-refractivity contribution < 1.29 is 4.79 Å². The highest BCUT2D eigenvalue weighted by molar-refractivity contribution is 5.79. The first-order valence-electron chi connectivity index (χ1n) is 12.6. The molecular weight excluding hydrogens is 352 g/mol. The fourth-order valence-electron chi connectivity index (χ4n) is 7.91. The molecule has 8 atom stereocenters. The molecule has 0 saturated heterocycles. The Balaban J connectivity index is 1.55. The maximum absolute atomic E-state index is 12.1. The minimum absolute atomic E-state index is 0.385. The summed E-state index contributed by atoms with van der Waals surface area (Å²) < 4.78 is 0. The molecule has 0 amide bonds. The van der Waals surface area contributed by atoms with E-state index >= 15 is 0 Å². The molecule has 0 aromatic rings. The number of rotatable bonds is 4. The normalized spacial score (nSPS) is 44.2. The predicted octanol–water partition coefficient (Wildman–Crippen LogP) is 7.62. The lowest BCUT2D eigenvalue weighted by atomic mass is 9.48. The highest BCUT2D eigenvalue weighted by Gasteiger charge is 2.57. The molecule has 29 heavy (non-hydrogen) atoms. The van der Waals surface area contributed by atoms with Crippen LogP contribution in [-0.4, -0.2) is 5.78 Å². The largest absolute Gasteiger partial charge is 0.300 e. The fraction of sp³-hybridized carbons (Fsp3) is 0.821. The zero-order valence-electron chi connectivity index (χ0n) is 19.8. The summed E-state index contributed by atoms with van der Waals surface area (Å²) in [5, 5.41) is 0. The van der Waals surface area contributed by atoms with Crippen LogP contribution in [0.25, 0.3) is 0 Å². The first-order valence-corrected chi connectivity index (χ1v) is 12.6. The van der Waals surface area contributed by atoms with E-state index in [2.05, 4.69) is 59.8 Å². The minimum Gasteiger partial charge on any atom is -0.300 e. The summed E-state index contributed by atoms with van der Waals surface area (Å²) in [6.45, 7) is 14.7. The van der Waals surface area contributed by atoms with Gasteiger partial charge in [-0.05, 0) is 90.8 Å². The Bertz CT molecular complexity index is 699. The minimum atomic E-state index is 0.385. The Hall–Kier alpha value is -0.850. The van der Waals surface area contributed by atoms with E-state index in [1.165, 1.54) is 25.7 Å². The Labute approximate surface area is 179 Å². The summed E-state index contributed by atoms with van der Waals surface area (Å²) in [4.78, 5) is 12.1. The second kappa shape index (κ2) is 7.69. The Kier molecular flexibility index (Phi) is 5.67. The summed E-state index contributed by atoms with van der Waals surface area (Å²) in [5.74, 6) is 5.57. The van der Waals surface area contributed by atoms with Gasteiger partial charge in [0.05, 0.1) is 0 Å². The van der Waals surface area contributed by atoms with Crippen molar-refractivity contribution >= 4 is 5.78 Å². The molecule has 0 heterocycles. The first-order chi connectivity index (χ1) is 13.7. The lowest BCUT2D eigenvalue weighted by molar-refractivity contribution is -0.127.